The van der Waals surface area contributed by atoms with Crippen LogP contribution in [0.15, 0.2) is 41.0 Å². The second-order valence-corrected chi connectivity index (χ2v) is 7.07. The minimum atomic E-state index is -0.105. The highest BCUT2D eigenvalue weighted by Crippen LogP contribution is 2.42. The fraction of sp³-hybridized carbons (Fsp3) is 0.263. The number of phenolic OH excluding ortho intramolecular Hbond substituents is 1. The first-order valence-electron chi connectivity index (χ1n) is 7.73. The lowest BCUT2D eigenvalue weighted by Gasteiger charge is -2.26. The number of hydrogen-bond donors (Lipinski definition) is 2. The van der Waals surface area contributed by atoms with Crippen LogP contribution in [0.5, 0.6) is 11.5 Å². The van der Waals surface area contributed by atoms with E-state index in [-0.39, 0.29) is 11.8 Å². The predicted molar refractivity (Wildman–Crippen MR) is 101 cm³/mol. The van der Waals surface area contributed by atoms with Crippen molar-refractivity contribution in [1.82, 2.24) is 9.88 Å². The quantitative estimate of drug-likeness (QED) is 0.686. The van der Waals surface area contributed by atoms with Crippen molar-refractivity contribution >= 4 is 26.8 Å². The number of aryl methyl sites for hydroxylation is 1. The Morgan fingerprint density at radius 3 is 2.62 bits per heavy atom. The summed E-state index contributed by atoms with van der Waals surface area (Å²) in [6.07, 6.45) is 2.02. The normalized spacial score (nSPS) is 12.8. The van der Waals surface area contributed by atoms with Crippen LogP contribution in [0.25, 0.3) is 10.9 Å². The Morgan fingerprint density at radius 2 is 1.96 bits per heavy atom. The van der Waals surface area contributed by atoms with Crippen LogP contribution in [0.1, 0.15) is 22.7 Å². The number of para-hydroxylation sites is 1. The molecule has 126 valence electrons. The summed E-state index contributed by atoms with van der Waals surface area (Å²) in [6, 6.07) is 9.86. The van der Waals surface area contributed by atoms with E-state index in [1.807, 2.05) is 26.4 Å². The number of nitrogens with one attached hydrogen (secondary N) is 1. The SMILES string of the molecule is COc1cc(Br)cc(C(c2c[nH]c3c(C)cccc23)N(C)C)c1O. The van der Waals surface area contributed by atoms with Crippen LogP contribution in [0, 0.1) is 6.92 Å². The standard InChI is InChI=1S/C19H21BrN2O2/c1-11-6-5-7-13-15(10-21-17(11)13)18(22(2)3)14-8-12(20)9-16(24-4)19(14)23/h5-10,18,21,23H,1-4H3. The van der Waals surface area contributed by atoms with Gasteiger partial charge in [0.1, 0.15) is 0 Å². The van der Waals surface area contributed by atoms with E-state index < -0.39 is 0 Å². The number of benzene rings is 2. The van der Waals surface area contributed by atoms with Crippen LogP contribution in [-0.4, -0.2) is 36.2 Å². The largest absolute Gasteiger partial charge is 0.504 e. The summed E-state index contributed by atoms with van der Waals surface area (Å²) in [5, 5.41) is 11.8. The van der Waals surface area contributed by atoms with Gasteiger partial charge in [-0.1, -0.05) is 34.1 Å². The predicted octanol–water partition coefficient (Wildman–Crippen LogP) is 4.60. The Bertz CT molecular complexity index is 886. The van der Waals surface area contributed by atoms with Crippen LogP contribution in [0.4, 0.5) is 0 Å². The Kier molecular flexibility index (Phi) is 4.56. The Labute approximate surface area is 150 Å². The molecule has 3 rings (SSSR count). The second kappa shape index (κ2) is 6.49. The maximum absolute atomic E-state index is 10.7. The number of hydrogen-bond acceptors (Lipinski definition) is 3. The molecule has 5 heteroatoms. The van der Waals surface area contributed by atoms with Crippen LogP contribution in [0.2, 0.25) is 0 Å². The molecular formula is C19H21BrN2O2. The van der Waals surface area contributed by atoms with E-state index in [1.165, 1.54) is 5.56 Å². The number of H-pyrrole nitrogens is 1. The minimum Gasteiger partial charge on any atom is -0.504 e. The molecule has 24 heavy (non-hydrogen) atoms. The average Bonchev–Trinajstić information content (AvgIpc) is 2.95. The van der Waals surface area contributed by atoms with E-state index in [1.54, 1.807) is 13.2 Å². The molecule has 0 bridgehead atoms. The molecule has 1 atom stereocenters. The van der Waals surface area contributed by atoms with Crippen LogP contribution in [-0.2, 0) is 0 Å². The molecule has 1 heterocycles. The molecular weight excluding hydrogens is 368 g/mol. The summed E-state index contributed by atoms with van der Waals surface area (Å²) >= 11 is 3.51. The second-order valence-electron chi connectivity index (χ2n) is 6.15. The summed E-state index contributed by atoms with van der Waals surface area (Å²) in [6.45, 7) is 2.09. The van der Waals surface area contributed by atoms with Gasteiger partial charge in [-0.25, -0.2) is 0 Å². The molecule has 0 spiro atoms. The highest BCUT2D eigenvalue weighted by molar-refractivity contribution is 9.10. The lowest BCUT2D eigenvalue weighted by Crippen LogP contribution is -2.21. The van der Waals surface area contributed by atoms with E-state index in [9.17, 15) is 5.11 Å². The van der Waals surface area contributed by atoms with E-state index >= 15 is 0 Å². The lowest BCUT2D eigenvalue weighted by molar-refractivity contribution is 0.323. The van der Waals surface area contributed by atoms with Crippen molar-refractivity contribution < 1.29 is 9.84 Å². The molecule has 0 radical (unpaired) electrons. The molecule has 0 aliphatic rings. The molecule has 0 saturated heterocycles. The summed E-state index contributed by atoms with van der Waals surface area (Å²) < 4.78 is 6.18. The molecule has 0 saturated carbocycles. The van der Waals surface area contributed by atoms with E-state index in [0.717, 1.165) is 26.5 Å². The number of nitrogens with zero attached hydrogens (tertiary/aromatic N) is 1. The topological polar surface area (TPSA) is 48.5 Å². The van der Waals surface area contributed by atoms with Crippen molar-refractivity contribution in [3.05, 3.63) is 57.7 Å². The number of methoxy groups -OCH3 is 1. The number of aromatic amines is 1. The van der Waals surface area contributed by atoms with Crippen molar-refractivity contribution in [2.24, 2.45) is 0 Å². The third kappa shape index (κ3) is 2.78. The first-order valence-corrected chi connectivity index (χ1v) is 8.52. The molecule has 0 fully saturated rings. The van der Waals surface area contributed by atoms with Crippen LogP contribution >= 0.6 is 15.9 Å². The third-order valence-electron chi connectivity index (χ3n) is 4.35. The molecule has 1 unspecified atom stereocenters. The molecule has 3 aromatic rings. The molecule has 0 aliphatic heterocycles. The van der Waals surface area contributed by atoms with Gasteiger partial charge in [-0.05, 0) is 44.3 Å². The lowest BCUT2D eigenvalue weighted by atomic mass is 9.95. The maximum Gasteiger partial charge on any atom is 0.162 e. The van der Waals surface area contributed by atoms with Gasteiger partial charge in [-0.15, -0.1) is 0 Å². The number of aromatic nitrogens is 1. The van der Waals surface area contributed by atoms with Crippen LogP contribution < -0.4 is 4.74 Å². The molecule has 0 aliphatic carbocycles. The van der Waals surface area contributed by atoms with Gasteiger partial charge in [-0.3, -0.25) is 4.90 Å². The smallest absolute Gasteiger partial charge is 0.162 e. The van der Waals surface area contributed by atoms with Gasteiger partial charge in [0, 0.05) is 27.1 Å². The molecule has 1 aromatic heterocycles. The van der Waals surface area contributed by atoms with Gasteiger partial charge in [0.05, 0.1) is 13.2 Å². The van der Waals surface area contributed by atoms with Gasteiger partial charge < -0.3 is 14.8 Å². The van der Waals surface area contributed by atoms with E-state index in [4.69, 9.17) is 4.74 Å². The zero-order valence-electron chi connectivity index (χ0n) is 14.2. The Balaban J connectivity index is 2.25. The van der Waals surface area contributed by atoms with Gasteiger partial charge in [0.15, 0.2) is 11.5 Å². The van der Waals surface area contributed by atoms with Gasteiger partial charge in [0.25, 0.3) is 0 Å². The van der Waals surface area contributed by atoms with Crippen molar-refractivity contribution in [2.45, 2.75) is 13.0 Å². The molecule has 2 aromatic carbocycles. The monoisotopic (exact) mass is 388 g/mol. The zero-order chi connectivity index (χ0) is 17.4. The van der Waals surface area contributed by atoms with Crippen molar-refractivity contribution in [2.75, 3.05) is 21.2 Å². The number of aromatic hydroxyl groups is 1. The van der Waals surface area contributed by atoms with Gasteiger partial charge in [0.2, 0.25) is 0 Å². The first kappa shape index (κ1) is 16.9. The number of rotatable bonds is 4. The number of ether oxygens (including phenoxy) is 1. The number of phenols is 1. The average molecular weight is 389 g/mol. The summed E-state index contributed by atoms with van der Waals surface area (Å²) in [7, 11) is 5.57. The molecule has 4 nitrogen and oxygen atoms in total. The fourth-order valence-electron chi connectivity index (χ4n) is 3.24. The van der Waals surface area contributed by atoms with Gasteiger partial charge >= 0.3 is 0 Å². The Morgan fingerprint density at radius 1 is 1.21 bits per heavy atom. The summed E-state index contributed by atoms with van der Waals surface area (Å²) in [4.78, 5) is 5.46. The van der Waals surface area contributed by atoms with Crippen molar-refractivity contribution in [3.63, 3.8) is 0 Å². The van der Waals surface area contributed by atoms with E-state index in [2.05, 4.69) is 50.9 Å². The zero-order valence-corrected chi connectivity index (χ0v) is 15.8. The third-order valence-corrected chi connectivity index (χ3v) is 4.81. The fourth-order valence-corrected chi connectivity index (χ4v) is 3.69. The molecule has 0 amide bonds. The summed E-state index contributed by atoms with van der Waals surface area (Å²) in [5.41, 5.74) is 4.25. The Hall–Kier alpha value is -1.98. The number of fused-ring (bicyclic) bond motifs is 1. The van der Waals surface area contributed by atoms with Crippen molar-refractivity contribution in [1.29, 1.82) is 0 Å². The van der Waals surface area contributed by atoms with E-state index in [0.29, 0.717) is 5.75 Å². The first-order chi connectivity index (χ1) is 11.4. The highest BCUT2D eigenvalue weighted by atomic mass is 79.9. The molecule has 2 N–H and O–H groups in total. The maximum atomic E-state index is 10.7. The summed E-state index contributed by atoms with van der Waals surface area (Å²) in [5.74, 6) is 0.628. The number of halogens is 1. The highest BCUT2D eigenvalue weighted by Gasteiger charge is 2.25. The van der Waals surface area contributed by atoms with Crippen LogP contribution in [0.3, 0.4) is 0 Å². The minimum absolute atomic E-state index is 0.105. The van der Waals surface area contributed by atoms with Gasteiger partial charge in [-0.2, -0.15) is 0 Å². The van der Waals surface area contributed by atoms with Crippen molar-refractivity contribution in [3.8, 4) is 11.5 Å².